The summed E-state index contributed by atoms with van der Waals surface area (Å²) in [5, 5.41) is 5.00. The van der Waals surface area contributed by atoms with Crippen molar-refractivity contribution in [1.29, 1.82) is 0 Å². The van der Waals surface area contributed by atoms with Gasteiger partial charge in [-0.05, 0) is 60.4 Å². The van der Waals surface area contributed by atoms with E-state index in [1.807, 2.05) is 0 Å². The normalized spacial score (nSPS) is 22.2. The van der Waals surface area contributed by atoms with Crippen LogP contribution in [0.1, 0.15) is 43.2 Å². The number of aromatic nitrogens is 2. The molecule has 0 bridgehead atoms. The maximum absolute atomic E-state index is 13.8. The fourth-order valence-electron chi connectivity index (χ4n) is 6.16. The standard InChI is InChI=1S/2C17H13F2N3O2.CH4/c2*18-12-3-1-2-10(16(12)19)13-5-4-9(7-20-13)11-6-14(11)22-15(23)8-21-17(22)24;/h2*1-5,7,11,14H,6,8H2,(H,21,24);1H4/t2*11-,14+;/m10./s1. The summed E-state index contributed by atoms with van der Waals surface area (Å²) in [5.41, 5.74) is 2.61. The van der Waals surface area contributed by atoms with Gasteiger partial charge in [-0.25, -0.2) is 27.2 Å². The lowest BCUT2D eigenvalue weighted by Crippen LogP contribution is -2.33. The molecule has 2 aromatic heterocycles. The van der Waals surface area contributed by atoms with Gasteiger partial charge in [0.15, 0.2) is 23.3 Å². The summed E-state index contributed by atoms with van der Waals surface area (Å²) < 4.78 is 54.2. The zero-order valence-corrected chi connectivity index (χ0v) is 25.0. The maximum Gasteiger partial charge on any atom is 0.324 e. The van der Waals surface area contributed by atoms with E-state index in [2.05, 4.69) is 20.6 Å². The van der Waals surface area contributed by atoms with Gasteiger partial charge in [0.2, 0.25) is 11.8 Å². The Morgan fingerprint density at radius 1 is 0.592 bits per heavy atom. The minimum atomic E-state index is -0.929. The molecule has 2 aliphatic heterocycles. The molecule has 14 heteroatoms. The van der Waals surface area contributed by atoms with Crippen LogP contribution in [0.5, 0.6) is 0 Å². The van der Waals surface area contributed by atoms with Crippen molar-refractivity contribution in [3.63, 3.8) is 0 Å². The van der Waals surface area contributed by atoms with E-state index in [4.69, 9.17) is 0 Å². The number of carbonyl (C=O) groups is 4. The number of halogens is 4. The van der Waals surface area contributed by atoms with Crippen LogP contribution in [-0.2, 0) is 9.59 Å². The first-order valence-corrected chi connectivity index (χ1v) is 15.1. The second-order valence-corrected chi connectivity index (χ2v) is 11.8. The van der Waals surface area contributed by atoms with Crippen LogP contribution in [0, 0.1) is 23.3 Å². The molecule has 4 aliphatic rings. The van der Waals surface area contributed by atoms with Gasteiger partial charge in [-0.3, -0.25) is 29.4 Å². The van der Waals surface area contributed by atoms with Gasteiger partial charge < -0.3 is 10.6 Å². The van der Waals surface area contributed by atoms with E-state index in [1.54, 1.807) is 36.7 Å². The van der Waals surface area contributed by atoms with Gasteiger partial charge in [-0.15, -0.1) is 0 Å². The van der Waals surface area contributed by atoms with Gasteiger partial charge in [0.1, 0.15) is 0 Å². The molecule has 4 heterocycles. The molecule has 252 valence electrons. The molecular weight excluding hydrogens is 644 g/mol. The number of pyridine rings is 2. The Hall–Kier alpha value is -5.66. The first-order valence-electron chi connectivity index (χ1n) is 15.1. The molecule has 8 rings (SSSR count). The Morgan fingerprint density at radius 2 is 1.00 bits per heavy atom. The van der Waals surface area contributed by atoms with Crippen molar-refractivity contribution in [3.05, 3.63) is 107 Å². The summed E-state index contributed by atoms with van der Waals surface area (Å²) in [7, 11) is 0. The smallest absolute Gasteiger partial charge is 0.324 e. The molecule has 2 saturated carbocycles. The van der Waals surface area contributed by atoms with Gasteiger partial charge >= 0.3 is 12.1 Å². The molecule has 2 aromatic carbocycles. The second kappa shape index (κ2) is 13.1. The summed E-state index contributed by atoms with van der Waals surface area (Å²) >= 11 is 0. The third kappa shape index (κ3) is 6.33. The molecule has 0 spiro atoms. The number of hydrogen-bond donors (Lipinski definition) is 2. The highest BCUT2D eigenvalue weighted by Gasteiger charge is 2.50. The molecule has 2 aliphatic carbocycles. The molecule has 4 atom stereocenters. The summed E-state index contributed by atoms with van der Waals surface area (Å²) in [6, 6.07) is 13.7. The average molecular weight is 675 g/mol. The first kappa shape index (κ1) is 33.2. The number of benzene rings is 2. The lowest BCUT2D eigenvalue weighted by atomic mass is 10.1. The average Bonchev–Trinajstić information content (AvgIpc) is 4.00. The van der Waals surface area contributed by atoms with Crippen LogP contribution in [-0.4, -0.2) is 68.8 Å². The van der Waals surface area contributed by atoms with Crippen molar-refractivity contribution < 1.29 is 36.7 Å². The fraction of sp³-hybridized carbons (Fsp3) is 0.257. The van der Waals surface area contributed by atoms with Crippen LogP contribution >= 0.6 is 0 Å². The molecule has 2 saturated heterocycles. The number of urea groups is 2. The summed E-state index contributed by atoms with van der Waals surface area (Å²) in [6.45, 7) is 0.0795. The van der Waals surface area contributed by atoms with Crippen LogP contribution in [0.3, 0.4) is 0 Å². The largest absolute Gasteiger partial charge is 0.329 e. The number of nitrogens with zero attached hydrogens (tertiary/aromatic N) is 4. The highest BCUT2D eigenvalue weighted by atomic mass is 19.2. The van der Waals surface area contributed by atoms with E-state index in [9.17, 15) is 36.7 Å². The Balaban J connectivity index is 0.000000167. The summed E-state index contributed by atoms with van der Waals surface area (Å²) in [5.74, 6) is -4.06. The van der Waals surface area contributed by atoms with Crippen LogP contribution in [0.4, 0.5) is 27.2 Å². The van der Waals surface area contributed by atoms with Crippen molar-refractivity contribution in [2.45, 2.75) is 44.2 Å². The Morgan fingerprint density at radius 3 is 1.33 bits per heavy atom. The van der Waals surface area contributed by atoms with Gasteiger partial charge in [-0.2, -0.15) is 0 Å². The molecule has 4 aromatic rings. The number of nitrogens with one attached hydrogen (secondary N) is 2. The Labute approximate surface area is 278 Å². The third-order valence-electron chi connectivity index (χ3n) is 8.82. The van der Waals surface area contributed by atoms with Gasteiger partial charge in [-0.1, -0.05) is 31.7 Å². The minimum absolute atomic E-state index is 0. The SMILES string of the molecule is C.O=C1CNC(=O)N1[C@@H]1C[C@H]1c1ccc(-c2cccc(F)c2F)nc1.O=C1CNC(=O)N1[C@H]1C[C@@H]1c1ccc(-c2cccc(F)c2F)nc1. The lowest BCUT2D eigenvalue weighted by molar-refractivity contribution is -0.126. The number of rotatable bonds is 6. The predicted octanol–water partition coefficient (Wildman–Crippen LogP) is 5.51. The number of amides is 6. The van der Waals surface area contributed by atoms with Crippen LogP contribution < -0.4 is 10.6 Å². The Kier molecular flexibility index (Phi) is 8.88. The molecule has 2 N–H and O–H groups in total. The summed E-state index contributed by atoms with van der Waals surface area (Å²) in [4.78, 5) is 57.6. The highest BCUT2D eigenvalue weighted by Crippen LogP contribution is 2.46. The zero-order valence-electron chi connectivity index (χ0n) is 25.0. The second-order valence-electron chi connectivity index (χ2n) is 11.8. The fourth-order valence-corrected chi connectivity index (χ4v) is 6.16. The summed E-state index contributed by atoms with van der Waals surface area (Å²) in [6.07, 6.45) is 4.55. The monoisotopic (exact) mass is 674 g/mol. The quantitative estimate of drug-likeness (QED) is 0.206. The van der Waals surface area contributed by atoms with Crippen molar-refractivity contribution in [1.82, 2.24) is 30.4 Å². The first-order chi connectivity index (χ1) is 23.1. The molecule has 6 amide bonds. The molecule has 49 heavy (non-hydrogen) atoms. The minimum Gasteiger partial charge on any atom is -0.329 e. The predicted molar refractivity (Wildman–Crippen MR) is 169 cm³/mol. The molecule has 0 unspecified atom stereocenters. The van der Waals surface area contributed by atoms with Crippen LogP contribution in [0.2, 0.25) is 0 Å². The molecule has 0 radical (unpaired) electrons. The maximum atomic E-state index is 13.8. The van der Waals surface area contributed by atoms with Gasteiger partial charge in [0.05, 0.1) is 24.5 Å². The van der Waals surface area contributed by atoms with E-state index < -0.39 is 23.3 Å². The van der Waals surface area contributed by atoms with Gasteiger partial charge in [0, 0.05) is 47.4 Å². The molecular formula is C35H30F4N6O4. The van der Waals surface area contributed by atoms with E-state index in [-0.39, 0.29) is 79.4 Å². The van der Waals surface area contributed by atoms with E-state index in [0.717, 1.165) is 23.3 Å². The van der Waals surface area contributed by atoms with Crippen molar-refractivity contribution in [2.24, 2.45) is 0 Å². The lowest BCUT2D eigenvalue weighted by Gasteiger charge is -2.12. The van der Waals surface area contributed by atoms with Crippen molar-refractivity contribution in [3.8, 4) is 22.5 Å². The number of hydrogen-bond acceptors (Lipinski definition) is 6. The molecule has 10 nitrogen and oxygen atoms in total. The van der Waals surface area contributed by atoms with E-state index in [1.165, 1.54) is 34.1 Å². The van der Waals surface area contributed by atoms with Crippen LogP contribution in [0.15, 0.2) is 73.1 Å². The highest BCUT2D eigenvalue weighted by molar-refractivity contribution is 6.03. The topological polar surface area (TPSA) is 125 Å². The van der Waals surface area contributed by atoms with Crippen molar-refractivity contribution in [2.75, 3.05) is 13.1 Å². The Bertz CT molecular complexity index is 1790. The number of imide groups is 2. The number of carbonyl (C=O) groups excluding carboxylic acids is 4. The van der Waals surface area contributed by atoms with Crippen LogP contribution in [0.25, 0.3) is 22.5 Å². The van der Waals surface area contributed by atoms with E-state index >= 15 is 0 Å². The van der Waals surface area contributed by atoms with Gasteiger partial charge in [0.25, 0.3) is 0 Å². The zero-order chi connectivity index (χ0) is 33.7. The van der Waals surface area contributed by atoms with Crippen molar-refractivity contribution >= 4 is 23.9 Å². The van der Waals surface area contributed by atoms with E-state index in [0.29, 0.717) is 24.2 Å². The molecule has 4 fully saturated rings. The third-order valence-corrected chi connectivity index (χ3v) is 8.82.